The second-order valence-corrected chi connectivity index (χ2v) is 5.19. The molecule has 0 saturated heterocycles. The molecule has 1 heteroatoms. The fourth-order valence-electron chi connectivity index (χ4n) is 1.40. The Morgan fingerprint density at radius 3 is 1.88 bits per heavy atom. The first kappa shape index (κ1) is 15.7. The Morgan fingerprint density at radius 1 is 0.812 bits per heavy atom. The summed E-state index contributed by atoms with van der Waals surface area (Å²) in [6.07, 6.45) is 11.7. The van der Waals surface area contributed by atoms with Gasteiger partial charge in [0.2, 0.25) is 0 Å². The molecule has 0 radical (unpaired) electrons. The van der Waals surface area contributed by atoms with E-state index >= 15 is 0 Å². The highest BCUT2D eigenvalue weighted by Gasteiger charge is 1.89. The quantitative estimate of drug-likeness (QED) is 0.315. The molecule has 0 aliphatic carbocycles. The fourth-order valence-corrected chi connectivity index (χ4v) is 1.63. The van der Waals surface area contributed by atoms with Crippen molar-refractivity contribution in [3.63, 3.8) is 0 Å². The highest BCUT2D eigenvalue weighted by molar-refractivity contribution is 9.09. The van der Waals surface area contributed by atoms with E-state index in [9.17, 15) is 0 Å². The number of alkyl halides is 1. The van der Waals surface area contributed by atoms with Crippen LogP contribution in [0.3, 0.4) is 0 Å². The average molecular weight is 285 g/mol. The largest absolute Gasteiger partial charge is 0.0880 e. The van der Waals surface area contributed by atoms with Crippen molar-refractivity contribution in [2.24, 2.45) is 0 Å². The summed E-state index contributed by atoms with van der Waals surface area (Å²) < 4.78 is 0. The molecular formula is C15H25Br. The van der Waals surface area contributed by atoms with Gasteiger partial charge in [-0.3, -0.25) is 0 Å². The molecule has 0 aromatic carbocycles. The van der Waals surface area contributed by atoms with E-state index in [4.69, 9.17) is 0 Å². The van der Waals surface area contributed by atoms with Gasteiger partial charge < -0.3 is 0 Å². The molecule has 0 fully saturated rings. The predicted octanol–water partition coefficient (Wildman–Crippen LogP) is 5.80. The van der Waals surface area contributed by atoms with Gasteiger partial charge in [-0.25, -0.2) is 0 Å². The third kappa shape index (κ3) is 10.2. The summed E-state index contributed by atoms with van der Waals surface area (Å²) in [5, 5.41) is 0.996. The van der Waals surface area contributed by atoms with Crippen LogP contribution in [0.15, 0.2) is 34.9 Å². The van der Waals surface area contributed by atoms with Crippen LogP contribution in [0.4, 0.5) is 0 Å². The SMILES string of the molecule is CC(C)=CCC/C(C)=C/CC/C=C(\C)CBr. The molecule has 0 amide bonds. The summed E-state index contributed by atoms with van der Waals surface area (Å²) in [7, 11) is 0. The lowest BCUT2D eigenvalue weighted by atomic mass is 10.1. The van der Waals surface area contributed by atoms with E-state index in [0.29, 0.717) is 0 Å². The minimum Gasteiger partial charge on any atom is -0.0880 e. The van der Waals surface area contributed by atoms with Gasteiger partial charge in [-0.1, -0.05) is 50.9 Å². The van der Waals surface area contributed by atoms with Crippen molar-refractivity contribution in [3.05, 3.63) is 34.9 Å². The Balaban J connectivity index is 3.75. The van der Waals surface area contributed by atoms with Crippen molar-refractivity contribution in [1.29, 1.82) is 0 Å². The molecule has 0 atom stereocenters. The van der Waals surface area contributed by atoms with Crippen molar-refractivity contribution in [2.45, 2.75) is 53.4 Å². The lowest BCUT2D eigenvalue weighted by Crippen LogP contribution is -1.79. The van der Waals surface area contributed by atoms with E-state index in [2.05, 4.69) is 61.9 Å². The molecule has 0 bridgehead atoms. The Labute approximate surface area is 110 Å². The Bertz CT molecular complexity index is 265. The number of unbranched alkanes of at least 4 members (excludes halogenated alkanes) is 1. The monoisotopic (exact) mass is 284 g/mol. The normalized spacial score (nSPS) is 12.8. The van der Waals surface area contributed by atoms with Crippen LogP contribution < -0.4 is 0 Å². The van der Waals surface area contributed by atoms with Crippen LogP contribution in [0.2, 0.25) is 0 Å². The topological polar surface area (TPSA) is 0 Å². The lowest BCUT2D eigenvalue weighted by molar-refractivity contribution is 0.934. The molecule has 0 aromatic heterocycles. The molecule has 0 saturated carbocycles. The van der Waals surface area contributed by atoms with Gasteiger partial charge in [-0.05, 0) is 53.4 Å². The maximum atomic E-state index is 3.45. The van der Waals surface area contributed by atoms with Crippen LogP contribution in [0.1, 0.15) is 53.4 Å². The molecule has 0 heterocycles. The molecule has 0 aliphatic heterocycles. The number of halogens is 1. The van der Waals surface area contributed by atoms with Crippen molar-refractivity contribution < 1.29 is 0 Å². The van der Waals surface area contributed by atoms with Crippen LogP contribution in [-0.2, 0) is 0 Å². The van der Waals surface area contributed by atoms with Gasteiger partial charge in [0.25, 0.3) is 0 Å². The summed E-state index contributed by atoms with van der Waals surface area (Å²) in [6.45, 7) is 8.72. The Morgan fingerprint density at radius 2 is 1.38 bits per heavy atom. The van der Waals surface area contributed by atoms with Crippen LogP contribution in [0, 0.1) is 0 Å². The van der Waals surface area contributed by atoms with Gasteiger partial charge in [-0.2, -0.15) is 0 Å². The predicted molar refractivity (Wildman–Crippen MR) is 79.2 cm³/mol. The summed E-state index contributed by atoms with van der Waals surface area (Å²) in [5.41, 5.74) is 4.36. The average Bonchev–Trinajstić information content (AvgIpc) is 2.23. The van der Waals surface area contributed by atoms with E-state index in [0.717, 1.165) is 11.8 Å². The van der Waals surface area contributed by atoms with Gasteiger partial charge in [0.05, 0.1) is 0 Å². The van der Waals surface area contributed by atoms with Crippen molar-refractivity contribution in [3.8, 4) is 0 Å². The number of allylic oxidation sites excluding steroid dienone is 6. The maximum absolute atomic E-state index is 3.45. The minimum absolute atomic E-state index is 0.996. The molecular weight excluding hydrogens is 260 g/mol. The summed E-state index contributed by atoms with van der Waals surface area (Å²) in [4.78, 5) is 0. The van der Waals surface area contributed by atoms with E-state index in [1.54, 1.807) is 0 Å². The van der Waals surface area contributed by atoms with Gasteiger partial charge in [-0.15, -0.1) is 0 Å². The third-order valence-electron chi connectivity index (χ3n) is 2.45. The molecule has 92 valence electrons. The van der Waals surface area contributed by atoms with Gasteiger partial charge in [0, 0.05) is 5.33 Å². The van der Waals surface area contributed by atoms with E-state index in [1.165, 1.54) is 36.0 Å². The van der Waals surface area contributed by atoms with Crippen molar-refractivity contribution >= 4 is 15.9 Å². The highest BCUT2D eigenvalue weighted by Crippen LogP contribution is 2.09. The lowest BCUT2D eigenvalue weighted by Gasteiger charge is -1.99. The van der Waals surface area contributed by atoms with E-state index < -0.39 is 0 Å². The molecule has 0 nitrogen and oxygen atoms in total. The van der Waals surface area contributed by atoms with Crippen molar-refractivity contribution in [2.75, 3.05) is 5.33 Å². The fraction of sp³-hybridized carbons (Fsp3) is 0.600. The highest BCUT2D eigenvalue weighted by atomic mass is 79.9. The summed E-state index contributed by atoms with van der Waals surface area (Å²) in [6, 6.07) is 0. The van der Waals surface area contributed by atoms with Crippen molar-refractivity contribution in [1.82, 2.24) is 0 Å². The first-order chi connectivity index (χ1) is 7.56. The maximum Gasteiger partial charge on any atom is 0.0239 e. The molecule has 0 N–H and O–H groups in total. The van der Waals surface area contributed by atoms with Crippen LogP contribution in [0.25, 0.3) is 0 Å². The molecule has 0 spiro atoms. The van der Waals surface area contributed by atoms with Gasteiger partial charge in [0.15, 0.2) is 0 Å². The smallest absolute Gasteiger partial charge is 0.0239 e. The molecule has 0 aliphatic rings. The van der Waals surface area contributed by atoms with E-state index in [1.807, 2.05) is 0 Å². The first-order valence-corrected chi connectivity index (χ1v) is 7.19. The standard InChI is InChI=1S/C15H25Br/c1-13(2)8-7-11-14(3)9-5-6-10-15(4)12-16/h8-10H,5-7,11-12H2,1-4H3/b14-9+,15-10+. The Hall–Kier alpha value is -0.300. The molecule has 16 heavy (non-hydrogen) atoms. The number of hydrogen-bond acceptors (Lipinski definition) is 0. The first-order valence-electron chi connectivity index (χ1n) is 6.07. The molecule has 0 unspecified atom stereocenters. The summed E-state index contributed by atoms with van der Waals surface area (Å²) >= 11 is 3.45. The van der Waals surface area contributed by atoms with E-state index in [-0.39, 0.29) is 0 Å². The summed E-state index contributed by atoms with van der Waals surface area (Å²) in [5.74, 6) is 0. The Kier molecular flexibility index (Phi) is 9.71. The number of hydrogen-bond donors (Lipinski definition) is 0. The molecule has 0 rings (SSSR count). The van der Waals surface area contributed by atoms with Crippen LogP contribution in [0.5, 0.6) is 0 Å². The number of rotatable bonds is 7. The second kappa shape index (κ2) is 9.89. The van der Waals surface area contributed by atoms with Gasteiger partial charge in [0.1, 0.15) is 0 Å². The zero-order valence-electron chi connectivity index (χ0n) is 11.1. The van der Waals surface area contributed by atoms with Gasteiger partial charge >= 0.3 is 0 Å². The second-order valence-electron chi connectivity index (χ2n) is 4.63. The zero-order valence-corrected chi connectivity index (χ0v) is 12.7. The third-order valence-corrected chi connectivity index (χ3v) is 3.34. The molecule has 0 aromatic rings. The van der Waals surface area contributed by atoms with Crippen LogP contribution in [-0.4, -0.2) is 5.33 Å². The minimum atomic E-state index is 0.996. The van der Waals surface area contributed by atoms with Crippen LogP contribution >= 0.6 is 15.9 Å². The zero-order chi connectivity index (χ0) is 12.4.